The highest BCUT2D eigenvalue weighted by Crippen LogP contribution is 2.43. The van der Waals surface area contributed by atoms with Gasteiger partial charge in [0.05, 0.1) is 11.3 Å². The van der Waals surface area contributed by atoms with E-state index in [-0.39, 0.29) is 5.69 Å². The molecule has 2 aromatic rings. The van der Waals surface area contributed by atoms with Crippen LogP contribution in [0.3, 0.4) is 0 Å². The van der Waals surface area contributed by atoms with E-state index in [0.717, 1.165) is 12.1 Å². The molecule has 1 atom stereocenters. The van der Waals surface area contributed by atoms with Crippen molar-refractivity contribution in [1.29, 1.82) is 0 Å². The lowest BCUT2D eigenvalue weighted by Gasteiger charge is -2.30. The van der Waals surface area contributed by atoms with E-state index in [9.17, 15) is 28.4 Å². The zero-order valence-corrected chi connectivity index (χ0v) is 13.2. The summed E-state index contributed by atoms with van der Waals surface area (Å²) >= 11 is 3.03. The second kappa shape index (κ2) is 5.93. The number of nitrogens with zero attached hydrogens (tertiary/aromatic N) is 2. The zero-order chi connectivity index (χ0) is 17.4. The minimum atomic E-state index is -5.08. The minimum absolute atomic E-state index is 0.163. The number of hydrogen-bond donors (Lipinski definition) is 1. The molecule has 0 fully saturated rings. The lowest BCUT2D eigenvalue weighted by Crippen LogP contribution is -2.44. The molecule has 0 aliphatic heterocycles. The molecule has 6 nitrogen and oxygen atoms in total. The van der Waals surface area contributed by atoms with Crippen LogP contribution in [0, 0.1) is 17.0 Å². The standard InChI is InChI=1S/C13H10BrF3N2O4/c1-7-11(19(21)22)10(23-18-7)6-12(20,13(15,16)17)8-3-2-4-9(14)5-8/h2-5,20H,6H2,1H3/t12-/m1/s1. The number of aliphatic hydroxyl groups is 1. The summed E-state index contributed by atoms with van der Waals surface area (Å²) < 4.78 is 45.3. The van der Waals surface area contributed by atoms with E-state index < -0.39 is 40.1 Å². The molecule has 124 valence electrons. The molecule has 0 aliphatic rings. The van der Waals surface area contributed by atoms with Crippen LogP contribution in [-0.2, 0) is 12.0 Å². The first-order chi connectivity index (χ1) is 10.6. The molecule has 1 aromatic carbocycles. The summed E-state index contributed by atoms with van der Waals surface area (Å²) in [5, 5.41) is 24.5. The van der Waals surface area contributed by atoms with Crippen LogP contribution in [0.4, 0.5) is 18.9 Å². The number of halogens is 4. The third kappa shape index (κ3) is 3.22. The van der Waals surface area contributed by atoms with Gasteiger partial charge in [-0.3, -0.25) is 10.1 Å². The Morgan fingerprint density at radius 1 is 1.43 bits per heavy atom. The van der Waals surface area contributed by atoms with Crippen LogP contribution < -0.4 is 0 Å². The van der Waals surface area contributed by atoms with Gasteiger partial charge < -0.3 is 9.63 Å². The van der Waals surface area contributed by atoms with Crippen molar-refractivity contribution in [2.75, 3.05) is 0 Å². The van der Waals surface area contributed by atoms with Crippen LogP contribution in [0.25, 0.3) is 0 Å². The normalized spacial score (nSPS) is 14.5. The molecule has 0 unspecified atom stereocenters. The molecule has 0 saturated carbocycles. The second-order valence-corrected chi connectivity index (χ2v) is 5.76. The summed E-state index contributed by atoms with van der Waals surface area (Å²) in [5.41, 5.74) is -4.66. The fourth-order valence-electron chi connectivity index (χ4n) is 2.11. The maximum atomic E-state index is 13.4. The average Bonchev–Trinajstić information content (AvgIpc) is 2.78. The molecular formula is C13H10BrF3N2O4. The van der Waals surface area contributed by atoms with Gasteiger partial charge >= 0.3 is 11.9 Å². The predicted molar refractivity (Wildman–Crippen MR) is 75.7 cm³/mol. The topological polar surface area (TPSA) is 89.4 Å². The Bertz CT molecular complexity index is 747. The van der Waals surface area contributed by atoms with E-state index in [1.165, 1.54) is 19.1 Å². The summed E-state index contributed by atoms with van der Waals surface area (Å²) in [6.45, 7) is 1.23. The van der Waals surface area contributed by atoms with Crippen LogP contribution in [0.15, 0.2) is 33.3 Å². The van der Waals surface area contributed by atoms with Crippen molar-refractivity contribution >= 4 is 21.6 Å². The highest BCUT2D eigenvalue weighted by Gasteiger charge is 2.56. The van der Waals surface area contributed by atoms with E-state index in [2.05, 4.69) is 25.6 Å². The van der Waals surface area contributed by atoms with Crippen molar-refractivity contribution in [2.45, 2.75) is 25.1 Å². The van der Waals surface area contributed by atoms with E-state index in [1.807, 2.05) is 0 Å². The number of alkyl halides is 3. The van der Waals surface area contributed by atoms with Gasteiger partial charge in [0.25, 0.3) is 0 Å². The number of aryl methyl sites for hydroxylation is 1. The fourth-order valence-corrected chi connectivity index (χ4v) is 2.51. The molecule has 23 heavy (non-hydrogen) atoms. The monoisotopic (exact) mass is 394 g/mol. The molecule has 0 amide bonds. The molecule has 1 heterocycles. The van der Waals surface area contributed by atoms with Gasteiger partial charge in [-0.1, -0.05) is 33.2 Å². The van der Waals surface area contributed by atoms with E-state index in [0.29, 0.717) is 4.47 Å². The van der Waals surface area contributed by atoms with Crippen molar-refractivity contribution in [2.24, 2.45) is 0 Å². The van der Waals surface area contributed by atoms with Crippen LogP contribution in [-0.4, -0.2) is 21.4 Å². The Hall–Kier alpha value is -1.94. The van der Waals surface area contributed by atoms with Crippen molar-refractivity contribution < 1.29 is 27.7 Å². The Labute approximate surface area is 136 Å². The molecule has 0 bridgehead atoms. The first-order valence-electron chi connectivity index (χ1n) is 6.21. The maximum Gasteiger partial charge on any atom is 0.421 e. The number of aromatic nitrogens is 1. The quantitative estimate of drug-likeness (QED) is 0.631. The van der Waals surface area contributed by atoms with Crippen LogP contribution in [0.5, 0.6) is 0 Å². The van der Waals surface area contributed by atoms with Crippen LogP contribution in [0.1, 0.15) is 17.0 Å². The molecular weight excluding hydrogens is 385 g/mol. The van der Waals surface area contributed by atoms with Gasteiger partial charge in [0.2, 0.25) is 5.76 Å². The van der Waals surface area contributed by atoms with Gasteiger partial charge in [-0.25, -0.2) is 0 Å². The van der Waals surface area contributed by atoms with Crippen LogP contribution >= 0.6 is 15.9 Å². The minimum Gasteiger partial charge on any atom is -0.376 e. The number of hydrogen-bond acceptors (Lipinski definition) is 5. The third-order valence-corrected chi connectivity index (χ3v) is 3.76. The van der Waals surface area contributed by atoms with Gasteiger partial charge in [0.15, 0.2) is 11.3 Å². The highest BCUT2D eigenvalue weighted by molar-refractivity contribution is 9.10. The lowest BCUT2D eigenvalue weighted by atomic mass is 9.88. The van der Waals surface area contributed by atoms with Gasteiger partial charge in [-0.15, -0.1) is 0 Å². The van der Waals surface area contributed by atoms with Gasteiger partial charge in [0, 0.05) is 4.47 Å². The van der Waals surface area contributed by atoms with E-state index >= 15 is 0 Å². The number of rotatable bonds is 4. The van der Waals surface area contributed by atoms with Crippen LogP contribution in [0.2, 0.25) is 0 Å². The molecule has 10 heteroatoms. The van der Waals surface area contributed by atoms with Gasteiger partial charge in [0.1, 0.15) is 0 Å². The Morgan fingerprint density at radius 3 is 2.61 bits per heavy atom. The summed E-state index contributed by atoms with van der Waals surface area (Å²) in [7, 11) is 0. The summed E-state index contributed by atoms with van der Waals surface area (Å²) in [6, 6.07) is 4.97. The smallest absolute Gasteiger partial charge is 0.376 e. The van der Waals surface area contributed by atoms with E-state index in [4.69, 9.17) is 0 Å². The second-order valence-electron chi connectivity index (χ2n) is 4.84. The largest absolute Gasteiger partial charge is 0.421 e. The molecule has 0 aliphatic carbocycles. The van der Waals surface area contributed by atoms with Crippen molar-refractivity contribution in [3.63, 3.8) is 0 Å². The van der Waals surface area contributed by atoms with Gasteiger partial charge in [-0.2, -0.15) is 13.2 Å². The number of benzene rings is 1. The molecule has 0 spiro atoms. The summed E-state index contributed by atoms with van der Waals surface area (Å²) in [5.74, 6) is -0.646. The maximum absolute atomic E-state index is 13.4. The molecule has 0 saturated heterocycles. The lowest BCUT2D eigenvalue weighted by molar-refractivity contribution is -0.387. The molecule has 1 N–H and O–H groups in total. The van der Waals surface area contributed by atoms with Crippen molar-refractivity contribution in [3.05, 3.63) is 55.9 Å². The Morgan fingerprint density at radius 2 is 2.09 bits per heavy atom. The van der Waals surface area contributed by atoms with Crippen molar-refractivity contribution in [3.8, 4) is 0 Å². The first kappa shape index (κ1) is 17.4. The molecule has 2 rings (SSSR count). The first-order valence-corrected chi connectivity index (χ1v) is 7.00. The SMILES string of the molecule is Cc1noc(C[C@@](O)(c2cccc(Br)c2)C(F)(F)F)c1[N+](=O)[O-]. The average molecular weight is 395 g/mol. The summed E-state index contributed by atoms with van der Waals surface area (Å²) in [6.07, 6.45) is -6.24. The highest BCUT2D eigenvalue weighted by atomic mass is 79.9. The third-order valence-electron chi connectivity index (χ3n) is 3.27. The van der Waals surface area contributed by atoms with Crippen molar-refractivity contribution in [1.82, 2.24) is 5.16 Å². The molecule has 0 radical (unpaired) electrons. The number of nitro groups is 1. The van der Waals surface area contributed by atoms with E-state index in [1.54, 1.807) is 0 Å². The summed E-state index contributed by atoms with van der Waals surface area (Å²) in [4.78, 5) is 10.1. The Balaban J connectivity index is 2.56. The molecule has 1 aromatic heterocycles. The Kier molecular flexibility index (Phi) is 4.49. The predicted octanol–water partition coefficient (Wildman–Crippen LogP) is 3.65. The van der Waals surface area contributed by atoms with Gasteiger partial charge in [-0.05, 0) is 24.6 Å². The fraction of sp³-hybridized carbons (Fsp3) is 0.308. The zero-order valence-electron chi connectivity index (χ0n) is 11.6.